The van der Waals surface area contributed by atoms with Crippen LogP contribution in [-0.4, -0.2) is 6.61 Å². The third-order valence-corrected chi connectivity index (χ3v) is 1.97. The third kappa shape index (κ3) is 3.70. The first kappa shape index (κ1) is 11.7. The van der Waals surface area contributed by atoms with Crippen LogP contribution in [0, 0.1) is 11.6 Å². The Labute approximate surface area is 88.4 Å². The maximum atomic E-state index is 13.0. The lowest BCUT2D eigenvalue weighted by Gasteiger charge is -2.07. The van der Waals surface area contributed by atoms with E-state index < -0.39 is 11.6 Å². The van der Waals surface area contributed by atoms with Gasteiger partial charge in [0.1, 0.15) is 0 Å². The molecule has 0 spiro atoms. The van der Waals surface area contributed by atoms with Crippen LogP contribution < -0.4 is 4.74 Å². The van der Waals surface area contributed by atoms with Crippen molar-refractivity contribution in [3.8, 4) is 5.75 Å². The molecular formula is C12H14F2O. The van der Waals surface area contributed by atoms with E-state index in [1.54, 1.807) is 0 Å². The predicted molar refractivity (Wildman–Crippen MR) is 55.9 cm³/mol. The Morgan fingerprint density at radius 3 is 2.47 bits per heavy atom. The van der Waals surface area contributed by atoms with Gasteiger partial charge in [-0.1, -0.05) is 12.1 Å². The Hall–Kier alpha value is -1.38. The lowest BCUT2D eigenvalue weighted by atomic mass is 10.2. The molecule has 0 radical (unpaired) electrons. The molecular weight excluding hydrogens is 198 g/mol. The zero-order valence-electron chi connectivity index (χ0n) is 8.51. The van der Waals surface area contributed by atoms with E-state index in [0.29, 0.717) is 6.61 Å². The first-order chi connectivity index (χ1) is 7.25. The van der Waals surface area contributed by atoms with Crippen LogP contribution in [0.1, 0.15) is 19.3 Å². The summed E-state index contributed by atoms with van der Waals surface area (Å²) in [5.74, 6) is -1.59. The molecule has 1 nitrogen and oxygen atoms in total. The van der Waals surface area contributed by atoms with Gasteiger partial charge in [0.25, 0.3) is 0 Å². The van der Waals surface area contributed by atoms with E-state index >= 15 is 0 Å². The van der Waals surface area contributed by atoms with Crippen LogP contribution in [0.5, 0.6) is 5.75 Å². The minimum atomic E-state index is -0.654. The summed E-state index contributed by atoms with van der Waals surface area (Å²) in [5.41, 5.74) is 0. The maximum absolute atomic E-state index is 13.0. The van der Waals surface area contributed by atoms with Gasteiger partial charge in [-0.2, -0.15) is 0 Å². The van der Waals surface area contributed by atoms with Crippen LogP contribution in [0.2, 0.25) is 0 Å². The average molecular weight is 212 g/mol. The molecule has 0 amide bonds. The van der Waals surface area contributed by atoms with Crippen LogP contribution in [0.15, 0.2) is 30.9 Å². The van der Waals surface area contributed by atoms with E-state index in [1.165, 1.54) is 18.2 Å². The second-order valence-electron chi connectivity index (χ2n) is 3.18. The molecule has 1 rings (SSSR count). The van der Waals surface area contributed by atoms with Gasteiger partial charge >= 0.3 is 0 Å². The second-order valence-corrected chi connectivity index (χ2v) is 3.18. The van der Waals surface area contributed by atoms with E-state index in [9.17, 15) is 8.78 Å². The molecule has 1 aromatic rings. The molecule has 0 N–H and O–H groups in total. The fourth-order valence-corrected chi connectivity index (χ4v) is 1.19. The molecule has 1 aromatic carbocycles. The van der Waals surface area contributed by atoms with Gasteiger partial charge in [-0.3, -0.25) is 0 Å². The highest BCUT2D eigenvalue weighted by atomic mass is 19.1. The van der Waals surface area contributed by atoms with Gasteiger partial charge in [-0.05, 0) is 31.4 Å². The Balaban J connectivity index is 2.40. The summed E-state index contributed by atoms with van der Waals surface area (Å²) >= 11 is 0. The van der Waals surface area contributed by atoms with Crippen LogP contribution in [-0.2, 0) is 0 Å². The second kappa shape index (κ2) is 6.17. The van der Waals surface area contributed by atoms with Crippen LogP contribution in [0.25, 0.3) is 0 Å². The van der Waals surface area contributed by atoms with Crippen molar-refractivity contribution in [1.82, 2.24) is 0 Å². The molecule has 0 aliphatic carbocycles. The fraction of sp³-hybridized carbons (Fsp3) is 0.333. The van der Waals surface area contributed by atoms with E-state index in [-0.39, 0.29) is 5.75 Å². The van der Waals surface area contributed by atoms with Crippen molar-refractivity contribution in [2.75, 3.05) is 6.61 Å². The molecule has 0 saturated heterocycles. The van der Waals surface area contributed by atoms with Crippen molar-refractivity contribution < 1.29 is 13.5 Å². The van der Waals surface area contributed by atoms with Gasteiger partial charge in [-0.25, -0.2) is 8.78 Å². The van der Waals surface area contributed by atoms with E-state index in [1.807, 2.05) is 6.08 Å². The summed E-state index contributed by atoms with van der Waals surface area (Å²) in [5, 5.41) is 0. The Morgan fingerprint density at radius 2 is 1.87 bits per heavy atom. The number of hydrogen-bond acceptors (Lipinski definition) is 1. The minimum Gasteiger partial charge on any atom is -0.488 e. The Morgan fingerprint density at radius 1 is 1.20 bits per heavy atom. The first-order valence-electron chi connectivity index (χ1n) is 4.93. The highest BCUT2D eigenvalue weighted by Gasteiger charge is 2.08. The number of rotatable bonds is 6. The van der Waals surface area contributed by atoms with E-state index in [4.69, 9.17) is 4.74 Å². The highest BCUT2D eigenvalue weighted by Crippen LogP contribution is 2.20. The van der Waals surface area contributed by atoms with Crippen molar-refractivity contribution in [2.45, 2.75) is 19.3 Å². The Kier molecular flexibility index (Phi) is 4.81. The SMILES string of the molecule is C=CCCCCOc1c(F)cccc1F. The van der Waals surface area contributed by atoms with Gasteiger partial charge in [0, 0.05) is 0 Å². The van der Waals surface area contributed by atoms with Gasteiger partial charge < -0.3 is 4.74 Å². The van der Waals surface area contributed by atoms with E-state index in [2.05, 4.69) is 6.58 Å². The molecule has 0 bridgehead atoms. The Bertz CT molecular complexity index is 303. The molecule has 0 saturated carbocycles. The molecule has 82 valence electrons. The molecule has 3 heteroatoms. The number of hydrogen-bond donors (Lipinski definition) is 0. The summed E-state index contributed by atoms with van der Waals surface area (Å²) in [6.45, 7) is 3.91. The molecule has 0 aliphatic rings. The highest BCUT2D eigenvalue weighted by molar-refractivity contribution is 5.25. The standard InChI is InChI=1S/C12H14F2O/c1-2-3-4-5-9-15-12-10(13)7-6-8-11(12)14/h2,6-8H,1,3-5,9H2. The molecule has 0 fully saturated rings. The van der Waals surface area contributed by atoms with Crippen molar-refractivity contribution >= 4 is 0 Å². The minimum absolute atomic E-state index is 0.281. The number of allylic oxidation sites excluding steroid dienone is 1. The number of benzene rings is 1. The number of para-hydroxylation sites is 1. The zero-order valence-corrected chi connectivity index (χ0v) is 8.51. The van der Waals surface area contributed by atoms with Crippen LogP contribution in [0.3, 0.4) is 0 Å². The van der Waals surface area contributed by atoms with Gasteiger partial charge in [0.05, 0.1) is 6.61 Å². The molecule has 0 aliphatic heterocycles. The number of unbranched alkanes of at least 4 members (excludes halogenated alkanes) is 2. The quantitative estimate of drug-likeness (QED) is 0.516. The molecule has 0 unspecified atom stereocenters. The molecule has 0 aromatic heterocycles. The van der Waals surface area contributed by atoms with Gasteiger partial charge in [0.15, 0.2) is 17.4 Å². The smallest absolute Gasteiger partial charge is 0.190 e. The van der Waals surface area contributed by atoms with E-state index in [0.717, 1.165) is 19.3 Å². The van der Waals surface area contributed by atoms with Crippen molar-refractivity contribution in [3.05, 3.63) is 42.5 Å². The molecule has 0 atom stereocenters. The summed E-state index contributed by atoms with van der Waals surface area (Å²) in [6.07, 6.45) is 4.38. The van der Waals surface area contributed by atoms with Gasteiger partial charge in [-0.15, -0.1) is 6.58 Å². The zero-order chi connectivity index (χ0) is 11.1. The lowest BCUT2D eigenvalue weighted by Crippen LogP contribution is -2.01. The van der Waals surface area contributed by atoms with Crippen molar-refractivity contribution in [2.24, 2.45) is 0 Å². The van der Waals surface area contributed by atoms with Gasteiger partial charge in [0.2, 0.25) is 0 Å². The third-order valence-electron chi connectivity index (χ3n) is 1.97. The monoisotopic (exact) mass is 212 g/mol. The summed E-state index contributed by atoms with van der Waals surface area (Å²) in [4.78, 5) is 0. The topological polar surface area (TPSA) is 9.23 Å². The first-order valence-corrected chi connectivity index (χ1v) is 4.93. The maximum Gasteiger partial charge on any atom is 0.190 e. The van der Waals surface area contributed by atoms with Crippen molar-refractivity contribution in [3.63, 3.8) is 0 Å². The largest absolute Gasteiger partial charge is 0.488 e. The summed E-state index contributed by atoms with van der Waals surface area (Å²) in [6, 6.07) is 3.68. The molecule has 0 heterocycles. The van der Waals surface area contributed by atoms with Crippen LogP contribution >= 0.6 is 0 Å². The molecule has 15 heavy (non-hydrogen) atoms. The number of ether oxygens (including phenoxy) is 1. The average Bonchev–Trinajstić information content (AvgIpc) is 2.21. The normalized spacial score (nSPS) is 10.0. The predicted octanol–water partition coefficient (Wildman–Crippen LogP) is 3.70. The fourth-order valence-electron chi connectivity index (χ4n) is 1.19. The number of halogens is 2. The van der Waals surface area contributed by atoms with Crippen LogP contribution in [0.4, 0.5) is 8.78 Å². The van der Waals surface area contributed by atoms with Crippen molar-refractivity contribution in [1.29, 1.82) is 0 Å². The summed E-state index contributed by atoms with van der Waals surface area (Å²) in [7, 11) is 0. The lowest BCUT2D eigenvalue weighted by molar-refractivity contribution is 0.277. The summed E-state index contributed by atoms with van der Waals surface area (Å²) < 4.78 is 31.1.